The maximum atomic E-state index is 11.5. The van der Waals surface area contributed by atoms with E-state index >= 15 is 0 Å². The first-order valence-corrected chi connectivity index (χ1v) is 4.31. The molecule has 4 nitrogen and oxygen atoms in total. The van der Waals surface area contributed by atoms with E-state index in [2.05, 4.69) is 4.98 Å². The fourth-order valence-electron chi connectivity index (χ4n) is 1.74. The number of carbonyl (C=O) groups is 1. The van der Waals surface area contributed by atoms with Crippen molar-refractivity contribution in [1.29, 1.82) is 0 Å². The molecule has 0 spiro atoms. The van der Waals surface area contributed by atoms with Gasteiger partial charge in [-0.1, -0.05) is 0 Å². The zero-order valence-corrected chi connectivity index (χ0v) is 7.82. The SMILES string of the molecule is CN1CC(c2cc[nH]c2)N(C)C1=O. The van der Waals surface area contributed by atoms with Gasteiger partial charge in [0.25, 0.3) is 0 Å². The number of nitrogens with zero attached hydrogens (tertiary/aromatic N) is 2. The van der Waals surface area contributed by atoms with Crippen molar-refractivity contribution in [3.8, 4) is 0 Å². The van der Waals surface area contributed by atoms with E-state index in [0.29, 0.717) is 0 Å². The molecule has 2 amide bonds. The summed E-state index contributed by atoms with van der Waals surface area (Å²) in [5.41, 5.74) is 1.17. The van der Waals surface area contributed by atoms with E-state index in [1.807, 2.05) is 32.6 Å². The van der Waals surface area contributed by atoms with E-state index in [9.17, 15) is 4.79 Å². The third-order valence-corrected chi connectivity index (χ3v) is 2.55. The predicted octanol–water partition coefficient (Wildman–Crippen LogP) is 1.05. The number of likely N-dealkylation sites (N-methyl/N-ethyl adjacent to an activating group) is 2. The highest BCUT2D eigenvalue weighted by Gasteiger charge is 2.33. The van der Waals surface area contributed by atoms with E-state index in [0.717, 1.165) is 6.54 Å². The monoisotopic (exact) mass is 179 g/mol. The summed E-state index contributed by atoms with van der Waals surface area (Å²) in [4.78, 5) is 18.0. The molecule has 1 aromatic heterocycles. The lowest BCUT2D eigenvalue weighted by Crippen LogP contribution is -2.26. The second kappa shape index (κ2) is 2.80. The third-order valence-electron chi connectivity index (χ3n) is 2.55. The average Bonchev–Trinajstić information content (AvgIpc) is 2.70. The van der Waals surface area contributed by atoms with Crippen LogP contribution in [-0.2, 0) is 0 Å². The van der Waals surface area contributed by atoms with Crippen LogP contribution < -0.4 is 0 Å². The van der Waals surface area contributed by atoms with Crippen LogP contribution in [0.1, 0.15) is 11.6 Å². The van der Waals surface area contributed by atoms with Crippen LogP contribution in [0.25, 0.3) is 0 Å². The molecule has 1 fully saturated rings. The minimum absolute atomic E-state index is 0.0891. The zero-order chi connectivity index (χ0) is 9.42. The van der Waals surface area contributed by atoms with Crippen LogP contribution in [0, 0.1) is 0 Å². The number of rotatable bonds is 1. The van der Waals surface area contributed by atoms with Crippen molar-refractivity contribution in [2.75, 3.05) is 20.6 Å². The van der Waals surface area contributed by atoms with Gasteiger partial charge in [0.2, 0.25) is 0 Å². The standard InChI is InChI=1S/C9H13N3O/c1-11-6-8(12(2)9(11)13)7-3-4-10-5-7/h3-5,8,10H,6H2,1-2H3. The highest BCUT2D eigenvalue weighted by molar-refractivity contribution is 5.76. The molecule has 1 aliphatic heterocycles. The van der Waals surface area contributed by atoms with Gasteiger partial charge in [-0.2, -0.15) is 0 Å². The minimum atomic E-state index is 0.0891. The second-order valence-corrected chi connectivity index (χ2v) is 3.43. The third kappa shape index (κ3) is 1.18. The van der Waals surface area contributed by atoms with Gasteiger partial charge in [-0.3, -0.25) is 0 Å². The molecular weight excluding hydrogens is 166 g/mol. The molecule has 2 heterocycles. The molecule has 1 atom stereocenters. The molecule has 4 heteroatoms. The maximum absolute atomic E-state index is 11.5. The van der Waals surface area contributed by atoms with Crippen molar-refractivity contribution in [3.05, 3.63) is 24.0 Å². The smallest absolute Gasteiger partial charge is 0.320 e. The number of nitrogens with one attached hydrogen (secondary N) is 1. The average molecular weight is 179 g/mol. The van der Waals surface area contributed by atoms with E-state index in [1.54, 1.807) is 9.80 Å². The minimum Gasteiger partial charge on any atom is -0.367 e. The van der Waals surface area contributed by atoms with Crippen molar-refractivity contribution in [3.63, 3.8) is 0 Å². The zero-order valence-electron chi connectivity index (χ0n) is 7.82. The molecule has 0 saturated carbocycles. The molecule has 0 radical (unpaired) electrons. The molecule has 70 valence electrons. The summed E-state index contributed by atoms with van der Waals surface area (Å²) in [6, 6.07) is 2.29. The molecule has 1 unspecified atom stereocenters. The second-order valence-electron chi connectivity index (χ2n) is 3.43. The van der Waals surface area contributed by atoms with Gasteiger partial charge in [0, 0.05) is 33.0 Å². The van der Waals surface area contributed by atoms with Gasteiger partial charge in [0.05, 0.1) is 6.04 Å². The molecule has 1 N–H and O–H groups in total. The van der Waals surface area contributed by atoms with Gasteiger partial charge >= 0.3 is 6.03 Å². The Kier molecular flexibility index (Phi) is 1.76. The fraction of sp³-hybridized carbons (Fsp3) is 0.444. The Morgan fingerprint density at radius 3 is 2.77 bits per heavy atom. The van der Waals surface area contributed by atoms with E-state index in [-0.39, 0.29) is 12.1 Å². The van der Waals surface area contributed by atoms with Gasteiger partial charge in [-0.15, -0.1) is 0 Å². The lowest BCUT2D eigenvalue weighted by Gasteiger charge is -2.15. The van der Waals surface area contributed by atoms with E-state index in [1.165, 1.54) is 5.56 Å². The van der Waals surface area contributed by atoms with Crippen LogP contribution in [0.15, 0.2) is 18.5 Å². The number of hydrogen-bond acceptors (Lipinski definition) is 1. The van der Waals surface area contributed by atoms with Crippen LogP contribution in [0.5, 0.6) is 0 Å². The first kappa shape index (κ1) is 8.16. The van der Waals surface area contributed by atoms with Crippen LogP contribution >= 0.6 is 0 Å². The van der Waals surface area contributed by atoms with Crippen molar-refractivity contribution in [1.82, 2.24) is 14.8 Å². The molecule has 1 aliphatic rings. The molecule has 0 aromatic carbocycles. The summed E-state index contributed by atoms with van der Waals surface area (Å²) >= 11 is 0. The highest BCUT2D eigenvalue weighted by atomic mass is 16.2. The number of hydrogen-bond donors (Lipinski definition) is 1. The van der Waals surface area contributed by atoms with Gasteiger partial charge < -0.3 is 14.8 Å². The number of aromatic amines is 1. The Hall–Kier alpha value is -1.45. The van der Waals surface area contributed by atoms with Crippen molar-refractivity contribution < 1.29 is 4.79 Å². The fourth-order valence-corrected chi connectivity index (χ4v) is 1.74. The topological polar surface area (TPSA) is 39.3 Å². The lowest BCUT2D eigenvalue weighted by molar-refractivity contribution is 0.201. The molecule has 0 aliphatic carbocycles. The normalized spacial score (nSPS) is 22.9. The van der Waals surface area contributed by atoms with Gasteiger partial charge in [-0.05, 0) is 11.6 Å². The Balaban J connectivity index is 2.23. The van der Waals surface area contributed by atoms with Crippen molar-refractivity contribution >= 4 is 6.03 Å². The number of urea groups is 1. The summed E-state index contributed by atoms with van der Waals surface area (Å²) in [7, 11) is 3.66. The maximum Gasteiger partial charge on any atom is 0.320 e. The Bertz CT molecular complexity index is 307. The highest BCUT2D eigenvalue weighted by Crippen LogP contribution is 2.26. The summed E-state index contributed by atoms with van der Waals surface area (Å²) < 4.78 is 0. The molecule has 13 heavy (non-hydrogen) atoms. The number of carbonyl (C=O) groups excluding carboxylic acids is 1. The summed E-state index contributed by atoms with van der Waals surface area (Å²) in [5.74, 6) is 0. The van der Waals surface area contributed by atoms with Crippen molar-refractivity contribution in [2.45, 2.75) is 6.04 Å². The lowest BCUT2D eigenvalue weighted by atomic mass is 10.1. The summed E-state index contributed by atoms with van der Waals surface area (Å²) in [6.45, 7) is 0.771. The van der Waals surface area contributed by atoms with Gasteiger partial charge in [0.15, 0.2) is 0 Å². The van der Waals surface area contributed by atoms with Gasteiger partial charge in [0.1, 0.15) is 0 Å². The number of H-pyrrole nitrogens is 1. The van der Waals surface area contributed by atoms with Crippen LogP contribution in [0.3, 0.4) is 0 Å². The van der Waals surface area contributed by atoms with Gasteiger partial charge in [-0.25, -0.2) is 4.79 Å². The number of aromatic nitrogens is 1. The molecule has 2 rings (SSSR count). The Labute approximate surface area is 77.1 Å². The Morgan fingerprint density at radius 1 is 1.54 bits per heavy atom. The van der Waals surface area contributed by atoms with Crippen molar-refractivity contribution in [2.24, 2.45) is 0 Å². The molecular formula is C9H13N3O. The first-order chi connectivity index (χ1) is 6.20. The quantitative estimate of drug-likeness (QED) is 0.687. The largest absolute Gasteiger partial charge is 0.367 e. The summed E-state index contributed by atoms with van der Waals surface area (Å²) in [6.07, 6.45) is 3.82. The van der Waals surface area contributed by atoms with Crippen LogP contribution in [-0.4, -0.2) is 41.5 Å². The number of amides is 2. The van der Waals surface area contributed by atoms with Crippen LogP contribution in [0.2, 0.25) is 0 Å². The van der Waals surface area contributed by atoms with E-state index in [4.69, 9.17) is 0 Å². The summed E-state index contributed by atoms with van der Waals surface area (Å²) in [5, 5.41) is 0. The molecule has 0 bridgehead atoms. The van der Waals surface area contributed by atoms with Crippen LogP contribution in [0.4, 0.5) is 4.79 Å². The van der Waals surface area contributed by atoms with E-state index < -0.39 is 0 Å². The molecule has 1 saturated heterocycles. The first-order valence-electron chi connectivity index (χ1n) is 4.31. The predicted molar refractivity (Wildman–Crippen MR) is 49.3 cm³/mol. The molecule has 1 aromatic rings. The Morgan fingerprint density at radius 2 is 2.31 bits per heavy atom.